The van der Waals surface area contributed by atoms with E-state index in [1.807, 2.05) is 20.8 Å². The first kappa shape index (κ1) is 14.7. The van der Waals surface area contributed by atoms with E-state index in [-0.39, 0.29) is 17.9 Å². The molecule has 0 aliphatic rings. The molecule has 0 fully saturated rings. The zero-order valence-electron chi connectivity index (χ0n) is 11.7. The molecular weight excluding hydrogens is 232 g/mol. The predicted octanol–water partition coefficient (Wildman–Crippen LogP) is 1.82. The number of carbonyl (C=O) groups is 1. The first-order valence-corrected chi connectivity index (χ1v) is 6.10. The van der Waals surface area contributed by atoms with Gasteiger partial charge in [-0.05, 0) is 25.7 Å². The van der Waals surface area contributed by atoms with Gasteiger partial charge in [-0.1, -0.05) is 25.9 Å². The Morgan fingerprint density at radius 2 is 2.06 bits per heavy atom. The standard InChI is InChI=1S/C13H22N2O3/c1-8-11(9(2)18-15-8)12(17)14-7-10(16)6-13(3,4)5/h10,16H,6-7H2,1-5H3,(H,14,17). The molecule has 0 spiro atoms. The molecule has 0 aliphatic carbocycles. The third kappa shape index (κ3) is 4.14. The molecule has 5 heteroatoms. The Labute approximate surface area is 108 Å². The minimum atomic E-state index is -0.547. The van der Waals surface area contributed by atoms with Crippen LogP contribution in [0.3, 0.4) is 0 Å². The molecule has 1 aromatic rings. The van der Waals surface area contributed by atoms with Crippen LogP contribution in [0.5, 0.6) is 0 Å². The number of carbonyl (C=O) groups excluding carboxylic acids is 1. The summed E-state index contributed by atoms with van der Waals surface area (Å²) < 4.78 is 4.93. The maximum absolute atomic E-state index is 11.9. The molecule has 1 heterocycles. The van der Waals surface area contributed by atoms with Gasteiger partial charge in [-0.2, -0.15) is 0 Å². The minimum absolute atomic E-state index is 0.0349. The molecule has 1 atom stereocenters. The van der Waals surface area contributed by atoms with Crippen LogP contribution in [-0.2, 0) is 0 Å². The highest BCUT2D eigenvalue weighted by Crippen LogP contribution is 2.20. The number of hydrogen-bond donors (Lipinski definition) is 2. The minimum Gasteiger partial charge on any atom is -0.391 e. The van der Waals surface area contributed by atoms with Gasteiger partial charge in [0.25, 0.3) is 5.91 Å². The van der Waals surface area contributed by atoms with Crippen LogP contribution in [0.15, 0.2) is 4.52 Å². The Hall–Kier alpha value is -1.36. The number of amides is 1. The maximum atomic E-state index is 11.9. The van der Waals surface area contributed by atoms with Crippen molar-refractivity contribution in [3.05, 3.63) is 17.0 Å². The molecule has 0 aliphatic heterocycles. The summed E-state index contributed by atoms with van der Waals surface area (Å²) in [7, 11) is 0. The van der Waals surface area contributed by atoms with E-state index in [0.717, 1.165) is 0 Å². The van der Waals surface area contributed by atoms with Crippen molar-refractivity contribution < 1.29 is 14.4 Å². The number of rotatable bonds is 4. The molecule has 5 nitrogen and oxygen atoms in total. The van der Waals surface area contributed by atoms with E-state index in [4.69, 9.17) is 4.52 Å². The summed E-state index contributed by atoms with van der Waals surface area (Å²) in [4.78, 5) is 11.9. The molecule has 1 rings (SSSR count). The van der Waals surface area contributed by atoms with Gasteiger partial charge >= 0.3 is 0 Å². The van der Waals surface area contributed by atoms with Crippen LogP contribution in [0.2, 0.25) is 0 Å². The lowest BCUT2D eigenvalue weighted by Gasteiger charge is -2.22. The number of nitrogens with one attached hydrogen (secondary N) is 1. The molecular formula is C13H22N2O3. The van der Waals surface area contributed by atoms with Crippen molar-refractivity contribution in [2.45, 2.75) is 47.1 Å². The van der Waals surface area contributed by atoms with Gasteiger partial charge in [0.1, 0.15) is 11.3 Å². The van der Waals surface area contributed by atoms with Crippen LogP contribution in [0.4, 0.5) is 0 Å². The van der Waals surface area contributed by atoms with Crippen molar-refractivity contribution >= 4 is 5.91 Å². The lowest BCUT2D eigenvalue weighted by molar-refractivity contribution is 0.0866. The van der Waals surface area contributed by atoms with E-state index in [1.165, 1.54) is 0 Å². The molecule has 0 bridgehead atoms. The van der Waals surface area contributed by atoms with Gasteiger partial charge < -0.3 is 14.9 Å². The van der Waals surface area contributed by atoms with Gasteiger partial charge in [0.15, 0.2) is 0 Å². The molecule has 0 radical (unpaired) electrons. The fourth-order valence-electron chi connectivity index (χ4n) is 1.89. The van der Waals surface area contributed by atoms with Gasteiger partial charge in [-0.25, -0.2) is 0 Å². The molecule has 1 unspecified atom stereocenters. The summed E-state index contributed by atoms with van der Waals surface area (Å²) >= 11 is 0. The lowest BCUT2D eigenvalue weighted by atomic mass is 9.89. The van der Waals surface area contributed by atoms with E-state index < -0.39 is 6.10 Å². The summed E-state index contributed by atoms with van der Waals surface area (Å²) in [5.74, 6) is 0.245. The van der Waals surface area contributed by atoms with Crippen LogP contribution in [-0.4, -0.2) is 28.8 Å². The fraction of sp³-hybridized carbons (Fsp3) is 0.692. The van der Waals surface area contributed by atoms with Crippen LogP contribution in [0.25, 0.3) is 0 Å². The van der Waals surface area contributed by atoms with Crippen LogP contribution in [0, 0.1) is 19.3 Å². The van der Waals surface area contributed by atoms with Crippen LogP contribution in [0.1, 0.15) is 49.0 Å². The summed E-state index contributed by atoms with van der Waals surface area (Å²) in [6.45, 7) is 9.79. The number of aryl methyl sites for hydroxylation is 2. The first-order valence-electron chi connectivity index (χ1n) is 6.10. The number of nitrogens with zero attached hydrogens (tertiary/aromatic N) is 1. The number of aromatic nitrogens is 1. The normalized spacial score (nSPS) is 13.4. The number of hydrogen-bond acceptors (Lipinski definition) is 4. The van der Waals surface area contributed by atoms with Crippen LogP contribution >= 0.6 is 0 Å². The van der Waals surface area contributed by atoms with Crippen LogP contribution < -0.4 is 5.32 Å². The second kappa shape index (κ2) is 5.52. The van der Waals surface area contributed by atoms with E-state index in [2.05, 4.69) is 10.5 Å². The van der Waals surface area contributed by atoms with Crippen molar-refractivity contribution in [2.24, 2.45) is 5.41 Å². The van der Waals surface area contributed by atoms with Gasteiger partial charge in [-0.3, -0.25) is 4.79 Å². The number of aliphatic hydroxyl groups excluding tert-OH is 1. The van der Waals surface area contributed by atoms with Crippen molar-refractivity contribution in [3.63, 3.8) is 0 Å². The predicted molar refractivity (Wildman–Crippen MR) is 68.4 cm³/mol. The highest BCUT2D eigenvalue weighted by atomic mass is 16.5. The number of aliphatic hydroxyl groups is 1. The van der Waals surface area contributed by atoms with E-state index in [9.17, 15) is 9.90 Å². The molecule has 0 aromatic carbocycles. The summed E-state index contributed by atoms with van der Waals surface area (Å²) in [5.41, 5.74) is 1.06. The summed E-state index contributed by atoms with van der Waals surface area (Å²) in [6.07, 6.45) is 0.0870. The largest absolute Gasteiger partial charge is 0.391 e. The maximum Gasteiger partial charge on any atom is 0.256 e. The van der Waals surface area contributed by atoms with Gasteiger partial charge in [0, 0.05) is 6.54 Å². The molecule has 1 amide bonds. The SMILES string of the molecule is Cc1noc(C)c1C(=O)NCC(O)CC(C)(C)C. The van der Waals surface area contributed by atoms with Crippen molar-refractivity contribution in [1.82, 2.24) is 10.5 Å². The Bertz CT molecular complexity index is 399. The molecule has 2 N–H and O–H groups in total. The monoisotopic (exact) mass is 254 g/mol. The van der Waals surface area contributed by atoms with Gasteiger partial charge in [-0.15, -0.1) is 0 Å². The van der Waals surface area contributed by atoms with Gasteiger partial charge in [0.05, 0.1) is 11.8 Å². The molecule has 0 saturated heterocycles. The second-order valence-corrected chi connectivity index (χ2v) is 5.83. The first-order chi connectivity index (χ1) is 8.20. The average molecular weight is 254 g/mol. The van der Waals surface area contributed by atoms with E-state index in [0.29, 0.717) is 23.4 Å². The van der Waals surface area contributed by atoms with Crippen molar-refractivity contribution in [2.75, 3.05) is 6.54 Å². The summed E-state index contributed by atoms with van der Waals surface area (Å²) in [6, 6.07) is 0. The topological polar surface area (TPSA) is 75.4 Å². The zero-order chi connectivity index (χ0) is 13.9. The smallest absolute Gasteiger partial charge is 0.256 e. The fourth-order valence-corrected chi connectivity index (χ4v) is 1.89. The Kier molecular flexibility index (Phi) is 4.51. The van der Waals surface area contributed by atoms with E-state index >= 15 is 0 Å². The van der Waals surface area contributed by atoms with Gasteiger partial charge in [0.2, 0.25) is 0 Å². The zero-order valence-corrected chi connectivity index (χ0v) is 11.7. The highest BCUT2D eigenvalue weighted by molar-refractivity contribution is 5.96. The quantitative estimate of drug-likeness (QED) is 0.859. The third-order valence-corrected chi connectivity index (χ3v) is 2.61. The van der Waals surface area contributed by atoms with Crippen molar-refractivity contribution in [1.29, 1.82) is 0 Å². The Morgan fingerprint density at radius 3 is 2.50 bits per heavy atom. The third-order valence-electron chi connectivity index (χ3n) is 2.61. The second-order valence-electron chi connectivity index (χ2n) is 5.83. The average Bonchev–Trinajstić information content (AvgIpc) is 2.53. The van der Waals surface area contributed by atoms with E-state index in [1.54, 1.807) is 13.8 Å². The molecule has 0 saturated carbocycles. The highest BCUT2D eigenvalue weighted by Gasteiger charge is 2.20. The molecule has 102 valence electrons. The Balaban J connectivity index is 2.52. The van der Waals surface area contributed by atoms with Crippen molar-refractivity contribution in [3.8, 4) is 0 Å². The molecule has 1 aromatic heterocycles. The lowest BCUT2D eigenvalue weighted by Crippen LogP contribution is -2.34. The molecule has 18 heavy (non-hydrogen) atoms. The summed E-state index contributed by atoms with van der Waals surface area (Å²) in [5, 5.41) is 16.2. The Morgan fingerprint density at radius 1 is 1.44 bits per heavy atom.